The Labute approximate surface area is 120 Å². The summed E-state index contributed by atoms with van der Waals surface area (Å²) in [6, 6.07) is 14.1. The number of rotatable bonds is 5. The molecule has 2 aromatic rings. The van der Waals surface area contributed by atoms with E-state index in [1.807, 2.05) is 36.4 Å². The third-order valence-corrected chi connectivity index (χ3v) is 4.63. The summed E-state index contributed by atoms with van der Waals surface area (Å²) in [5, 5.41) is 13.4. The van der Waals surface area contributed by atoms with Gasteiger partial charge in [-0.15, -0.1) is 11.3 Å². The summed E-state index contributed by atoms with van der Waals surface area (Å²) in [6.45, 7) is 2.66. The van der Waals surface area contributed by atoms with Crippen molar-refractivity contribution in [1.82, 2.24) is 5.32 Å². The average molecular weight is 326 g/mol. The second kappa shape index (κ2) is 6.48. The van der Waals surface area contributed by atoms with Gasteiger partial charge in [0.15, 0.2) is 0 Å². The predicted octanol–water partition coefficient (Wildman–Crippen LogP) is 3.89. The Morgan fingerprint density at radius 3 is 2.56 bits per heavy atom. The fraction of sp³-hybridized carbons (Fsp3) is 0.286. The lowest BCUT2D eigenvalue weighted by Crippen LogP contribution is -2.24. The lowest BCUT2D eigenvalue weighted by molar-refractivity contribution is 0.171. The zero-order chi connectivity index (χ0) is 13.0. The lowest BCUT2D eigenvalue weighted by atomic mass is 10.1. The number of hydrogen-bond acceptors (Lipinski definition) is 3. The van der Waals surface area contributed by atoms with Crippen LogP contribution in [0.25, 0.3) is 0 Å². The second-order valence-corrected chi connectivity index (χ2v) is 6.69. The topological polar surface area (TPSA) is 32.3 Å². The van der Waals surface area contributed by atoms with Crippen LogP contribution in [0.2, 0.25) is 0 Å². The van der Waals surface area contributed by atoms with E-state index < -0.39 is 6.10 Å². The fourth-order valence-electron chi connectivity index (χ4n) is 1.74. The molecule has 0 amide bonds. The van der Waals surface area contributed by atoms with Crippen LogP contribution in [-0.4, -0.2) is 11.7 Å². The first kappa shape index (κ1) is 13.7. The van der Waals surface area contributed by atoms with Gasteiger partial charge in [-0.1, -0.05) is 30.3 Å². The molecule has 2 atom stereocenters. The summed E-state index contributed by atoms with van der Waals surface area (Å²) in [6.07, 6.45) is -0.461. The van der Waals surface area contributed by atoms with Crippen molar-refractivity contribution in [3.8, 4) is 0 Å². The van der Waals surface area contributed by atoms with E-state index in [0.29, 0.717) is 6.54 Å². The highest BCUT2D eigenvalue weighted by molar-refractivity contribution is 9.11. The molecule has 0 bridgehead atoms. The first-order valence-corrected chi connectivity index (χ1v) is 7.49. The van der Waals surface area contributed by atoms with Gasteiger partial charge < -0.3 is 10.4 Å². The summed E-state index contributed by atoms with van der Waals surface area (Å²) < 4.78 is 1.13. The summed E-state index contributed by atoms with van der Waals surface area (Å²) in [7, 11) is 0. The highest BCUT2D eigenvalue weighted by Gasteiger charge is 2.11. The maximum atomic E-state index is 10.1. The van der Waals surface area contributed by atoms with Crippen molar-refractivity contribution in [3.05, 3.63) is 56.7 Å². The van der Waals surface area contributed by atoms with Gasteiger partial charge in [0.05, 0.1) is 9.89 Å². The standard InChI is InChI=1S/C14H16BrNOS/c1-10(13-7-8-14(15)18-13)16-9-12(17)11-5-3-2-4-6-11/h2-8,10,12,16-17H,9H2,1H3. The van der Waals surface area contributed by atoms with E-state index in [9.17, 15) is 5.11 Å². The summed E-state index contributed by atoms with van der Waals surface area (Å²) >= 11 is 5.17. The van der Waals surface area contributed by atoms with Crippen molar-refractivity contribution in [1.29, 1.82) is 0 Å². The normalized spacial score (nSPS) is 14.4. The maximum absolute atomic E-state index is 10.1. The van der Waals surface area contributed by atoms with Gasteiger partial charge in [-0.05, 0) is 40.5 Å². The third kappa shape index (κ3) is 3.65. The minimum atomic E-state index is -0.461. The molecule has 1 aromatic carbocycles. The summed E-state index contributed by atoms with van der Waals surface area (Å²) in [5.41, 5.74) is 0.949. The Morgan fingerprint density at radius 2 is 1.94 bits per heavy atom. The zero-order valence-electron chi connectivity index (χ0n) is 10.1. The summed E-state index contributed by atoms with van der Waals surface area (Å²) in [5.74, 6) is 0. The molecule has 2 N–H and O–H groups in total. The average Bonchev–Trinajstić information content (AvgIpc) is 2.83. The van der Waals surface area contributed by atoms with Gasteiger partial charge in [-0.25, -0.2) is 0 Å². The molecule has 0 aliphatic carbocycles. The molecule has 1 aromatic heterocycles. The first-order valence-electron chi connectivity index (χ1n) is 5.88. The van der Waals surface area contributed by atoms with E-state index >= 15 is 0 Å². The van der Waals surface area contributed by atoms with E-state index in [-0.39, 0.29) is 6.04 Å². The van der Waals surface area contributed by atoms with Crippen LogP contribution in [0.3, 0.4) is 0 Å². The zero-order valence-corrected chi connectivity index (χ0v) is 12.5. The van der Waals surface area contributed by atoms with E-state index in [2.05, 4.69) is 34.2 Å². The van der Waals surface area contributed by atoms with E-state index in [0.717, 1.165) is 9.35 Å². The van der Waals surface area contributed by atoms with E-state index in [4.69, 9.17) is 0 Å². The molecule has 18 heavy (non-hydrogen) atoms. The van der Waals surface area contributed by atoms with Crippen molar-refractivity contribution in [2.24, 2.45) is 0 Å². The number of nitrogens with one attached hydrogen (secondary N) is 1. The molecular weight excluding hydrogens is 310 g/mol. The maximum Gasteiger partial charge on any atom is 0.0914 e. The van der Waals surface area contributed by atoms with Gasteiger partial charge in [0.25, 0.3) is 0 Å². The number of halogens is 1. The van der Waals surface area contributed by atoms with Gasteiger partial charge >= 0.3 is 0 Å². The minimum absolute atomic E-state index is 0.250. The number of thiophene rings is 1. The number of hydrogen-bond donors (Lipinski definition) is 2. The van der Waals surface area contributed by atoms with Crippen molar-refractivity contribution in [3.63, 3.8) is 0 Å². The number of aliphatic hydroxyl groups is 1. The molecule has 1 heterocycles. The predicted molar refractivity (Wildman–Crippen MR) is 79.8 cm³/mol. The fourth-order valence-corrected chi connectivity index (χ4v) is 3.19. The molecular formula is C14H16BrNOS. The first-order chi connectivity index (χ1) is 8.66. The Kier molecular flexibility index (Phi) is 4.95. The molecule has 0 aliphatic heterocycles. The van der Waals surface area contributed by atoms with Crippen LogP contribution >= 0.6 is 27.3 Å². The smallest absolute Gasteiger partial charge is 0.0914 e. The van der Waals surface area contributed by atoms with Crippen LogP contribution in [0.15, 0.2) is 46.3 Å². The van der Waals surface area contributed by atoms with Gasteiger partial charge in [-0.2, -0.15) is 0 Å². The molecule has 0 saturated carbocycles. The van der Waals surface area contributed by atoms with E-state index in [1.165, 1.54) is 4.88 Å². The van der Waals surface area contributed by atoms with E-state index in [1.54, 1.807) is 11.3 Å². The lowest BCUT2D eigenvalue weighted by Gasteiger charge is -2.16. The van der Waals surface area contributed by atoms with Crippen LogP contribution in [0.1, 0.15) is 29.5 Å². The molecule has 0 fully saturated rings. The van der Waals surface area contributed by atoms with Gasteiger partial charge in [0.2, 0.25) is 0 Å². The van der Waals surface area contributed by atoms with Gasteiger partial charge in [0, 0.05) is 17.5 Å². The van der Waals surface area contributed by atoms with Crippen molar-refractivity contribution in [2.45, 2.75) is 19.1 Å². The minimum Gasteiger partial charge on any atom is -0.387 e. The molecule has 0 radical (unpaired) electrons. The van der Waals surface area contributed by atoms with Gasteiger partial charge in [0.1, 0.15) is 0 Å². The Hall–Kier alpha value is -0.680. The highest BCUT2D eigenvalue weighted by atomic mass is 79.9. The Morgan fingerprint density at radius 1 is 1.22 bits per heavy atom. The molecule has 96 valence electrons. The monoisotopic (exact) mass is 325 g/mol. The van der Waals surface area contributed by atoms with Crippen LogP contribution in [-0.2, 0) is 0 Å². The van der Waals surface area contributed by atoms with Crippen LogP contribution in [0, 0.1) is 0 Å². The quantitative estimate of drug-likeness (QED) is 0.873. The molecule has 2 unspecified atom stereocenters. The molecule has 0 spiro atoms. The van der Waals surface area contributed by atoms with Crippen LogP contribution in [0.4, 0.5) is 0 Å². The Bertz CT molecular complexity index is 486. The number of aliphatic hydroxyl groups excluding tert-OH is 1. The SMILES string of the molecule is CC(NCC(O)c1ccccc1)c1ccc(Br)s1. The second-order valence-electron chi connectivity index (χ2n) is 4.20. The largest absolute Gasteiger partial charge is 0.387 e. The third-order valence-electron chi connectivity index (χ3n) is 2.82. The molecule has 2 rings (SSSR count). The molecule has 2 nitrogen and oxygen atoms in total. The van der Waals surface area contributed by atoms with Crippen molar-refractivity contribution >= 4 is 27.3 Å². The van der Waals surface area contributed by atoms with Crippen LogP contribution < -0.4 is 5.32 Å². The molecule has 4 heteroatoms. The highest BCUT2D eigenvalue weighted by Crippen LogP contribution is 2.27. The Balaban J connectivity index is 1.88. The van der Waals surface area contributed by atoms with Crippen LogP contribution in [0.5, 0.6) is 0 Å². The molecule has 0 saturated heterocycles. The number of benzene rings is 1. The summed E-state index contributed by atoms with van der Waals surface area (Å²) in [4.78, 5) is 1.27. The molecule has 0 aliphatic rings. The van der Waals surface area contributed by atoms with Crippen molar-refractivity contribution < 1.29 is 5.11 Å². The van der Waals surface area contributed by atoms with Crippen molar-refractivity contribution in [2.75, 3.05) is 6.54 Å². The van der Waals surface area contributed by atoms with Gasteiger partial charge in [-0.3, -0.25) is 0 Å².